The Morgan fingerprint density at radius 3 is 2.75 bits per heavy atom. The summed E-state index contributed by atoms with van der Waals surface area (Å²) in [6.07, 6.45) is 7.31. The fraction of sp³-hybridized carbons (Fsp3) is 0.667. The highest BCUT2D eigenvalue weighted by Crippen LogP contribution is 2.30. The molecule has 88 valence electrons. The van der Waals surface area contributed by atoms with Gasteiger partial charge in [-0.3, -0.25) is 4.98 Å². The number of anilines is 1. The van der Waals surface area contributed by atoms with Gasteiger partial charge < -0.3 is 4.90 Å². The van der Waals surface area contributed by atoms with Gasteiger partial charge in [0.25, 0.3) is 0 Å². The zero-order chi connectivity index (χ0) is 11.5. The van der Waals surface area contributed by atoms with Crippen LogP contribution in [0.5, 0.6) is 0 Å². The second kappa shape index (κ2) is 5.00. The molecule has 1 saturated heterocycles. The standard InChI is InChI=1S/C12H18ClN3/c1-3-11-5-4-9(2)16(11)12-8-14-10(6-13)7-15-12/h7-9,11H,3-6H2,1-2H3. The summed E-state index contributed by atoms with van der Waals surface area (Å²) in [6.45, 7) is 4.49. The van der Waals surface area contributed by atoms with Crippen molar-refractivity contribution in [3.05, 3.63) is 18.1 Å². The summed E-state index contributed by atoms with van der Waals surface area (Å²) >= 11 is 5.71. The molecule has 1 aliphatic rings. The molecule has 16 heavy (non-hydrogen) atoms. The van der Waals surface area contributed by atoms with Crippen LogP contribution in [0.3, 0.4) is 0 Å². The molecule has 2 rings (SSSR count). The lowest BCUT2D eigenvalue weighted by Gasteiger charge is -2.28. The highest BCUT2D eigenvalue weighted by Gasteiger charge is 2.30. The van der Waals surface area contributed by atoms with E-state index in [1.807, 2.05) is 6.20 Å². The third-order valence-electron chi connectivity index (χ3n) is 3.35. The molecule has 3 nitrogen and oxygen atoms in total. The molecule has 2 heterocycles. The highest BCUT2D eigenvalue weighted by atomic mass is 35.5. The smallest absolute Gasteiger partial charge is 0.147 e. The summed E-state index contributed by atoms with van der Waals surface area (Å²) in [5, 5.41) is 0. The Morgan fingerprint density at radius 1 is 1.38 bits per heavy atom. The highest BCUT2D eigenvalue weighted by molar-refractivity contribution is 6.16. The van der Waals surface area contributed by atoms with E-state index < -0.39 is 0 Å². The predicted molar refractivity (Wildman–Crippen MR) is 66.8 cm³/mol. The fourth-order valence-corrected chi connectivity index (χ4v) is 2.57. The Hall–Kier alpha value is -0.830. The molecule has 0 radical (unpaired) electrons. The first-order valence-corrected chi connectivity index (χ1v) is 6.45. The van der Waals surface area contributed by atoms with Crippen molar-refractivity contribution in [3.63, 3.8) is 0 Å². The Bertz CT molecular complexity index is 339. The molecule has 0 saturated carbocycles. The first-order chi connectivity index (χ1) is 7.76. The molecule has 0 amide bonds. The lowest BCUT2D eigenvalue weighted by Crippen LogP contribution is -2.34. The first kappa shape index (κ1) is 11.6. The molecule has 1 fully saturated rings. The minimum Gasteiger partial charge on any atom is -0.350 e. The van der Waals surface area contributed by atoms with Gasteiger partial charge in [-0.25, -0.2) is 4.98 Å². The van der Waals surface area contributed by atoms with Crippen LogP contribution in [0.15, 0.2) is 12.4 Å². The van der Waals surface area contributed by atoms with Crippen LogP contribution in [0, 0.1) is 0 Å². The molecule has 4 heteroatoms. The second-order valence-corrected chi connectivity index (χ2v) is 4.66. The largest absolute Gasteiger partial charge is 0.350 e. The number of hydrogen-bond donors (Lipinski definition) is 0. The van der Waals surface area contributed by atoms with Crippen LogP contribution in [-0.2, 0) is 5.88 Å². The van der Waals surface area contributed by atoms with Crippen LogP contribution >= 0.6 is 11.6 Å². The van der Waals surface area contributed by atoms with E-state index >= 15 is 0 Å². The van der Waals surface area contributed by atoms with Gasteiger partial charge in [0, 0.05) is 12.1 Å². The van der Waals surface area contributed by atoms with Gasteiger partial charge in [-0.05, 0) is 26.2 Å². The van der Waals surface area contributed by atoms with Crippen LogP contribution in [0.4, 0.5) is 5.82 Å². The average molecular weight is 240 g/mol. The van der Waals surface area contributed by atoms with Crippen LogP contribution < -0.4 is 4.90 Å². The van der Waals surface area contributed by atoms with Crippen molar-refractivity contribution in [1.29, 1.82) is 0 Å². The summed E-state index contributed by atoms with van der Waals surface area (Å²) in [4.78, 5) is 11.2. The molecular weight excluding hydrogens is 222 g/mol. The first-order valence-electron chi connectivity index (χ1n) is 5.91. The summed E-state index contributed by atoms with van der Waals surface area (Å²) < 4.78 is 0. The lowest BCUT2D eigenvalue weighted by atomic mass is 10.1. The Morgan fingerprint density at radius 2 is 2.19 bits per heavy atom. The molecule has 2 atom stereocenters. The fourth-order valence-electron chi connectivity index (χ4n) is 2.44. The van der Waals surface area contributed by atoms with Gasteiger partial charge in [-0.2, -0.15) is 0 Å². The Kier molecular flexibility index (Phi) is 3.64. The van der Waals surface area contributed by atoms with E-state index in [9.17, 15) is 0 Å². The van der Waals surface area contributed by atoms with E-state index in [2.05, 4.69) is 28.7 Å². The van der Waals surface area contributed by atoms with Crippen LogP contribution in [0.25, 0.3) is 0 Å². The molecule has 1 aliphatic heterocycles. The van der Waals surface area contributed by atoms with E-state index in [0.717, 1.165) is 11.5 Å². The third-order valence-corrected chi connectivity index (χ3v) is 3.62. The Labute approximate surface area is 102 Å². The van der Waals surface area contributed by atoms with E-state index in [1.165, 1.54) is 19.3 Å². The number of aromatic nitrogens is 2. The quantitative estimate of drug-likeness (QED) is 0.760. The number of halogens is 1. The topological polar surface area (TPSA) is 29.0 Å². The third kappa shape index (κ3) is 2.14. The van der Waals surface area contributed by atoms with Gasteiger partial charge in [-0.15, -0.1) is 11.6 Å². The van der Waals surface area contributed by atoms with E-state index in [1.54, 1.807) is 6.20 Å². The molecule has 1 aromatic heterocycles. The molecule has 1 aromatic rings. The molecule has 0 N–H and O–H groups in total. The van der Waals surface area contributed by atoms with Gasteiger partial charge in [0.2, 0.25) is 0 Å². The summed E-state index contributed by atoms with van der Waals surface area (Å²) in [5.41, 5.74) is 0.838. The van der Waals surface area contributed by atoms with E-state index in [4.69, 9.17) is 11.6 Å². The lowest BCUT2D eigenvalue weighted by molar-refractivity contribution is 0.619. The molecular formula is C12H18ClN3. The maximum Gasteiger partial charge on any atom is 0.147 e. The maximum absolute atomic E-state index is 5.71. The van der Waals surface area contributed by atoms with Crippen LogP contribution in [0.2, 0.25) is 0 Å². The van der Waals surface area contributed by atoms with Crippen molar-refractivity contribution in [2.24, 2.45) is 0 Å². The molecule has 2 unspecified atom stereocenters. The number of nitrogens with zero attached hydrogens (tertiary/aromatic N) is 3. The molecule has 0 spiro atoms. The van der Waals surface area contributed by atoms with Crippen molar-refractivity contribution in [2.45, 2.75) is 51.1 Å². The zero-order valence-corrected chi connectivity index (χ0v) is 10.6. The second-order valence-electron chi connectivity index (χ2n) is 4.40. The summed E-state index contributed by atoms with van der Waals surface area (Å²) in [6, 6.07) is 1.19. The van der Waals surface area contributed by atoms with Crippen molar-refractivity contribution in [1.82, 2.24) is 9.97 Å². The minimum absolute atomic E-state index is 0.431. The molecule has 0 bridgehead atoms. The number of rotatable bonds is 3. The summed E-state index contributed by atoms with van der Waals surface area (Å²) in [7, 11) is 0. The van der Waals surface area contributed by atoms with Crippen LogP contribution in [0.1, 0.15) is 38.8 Å². The van der Waals surface area contributed by atoms with Gasteiger partial charge in [-0.1, -0.05) is 6.92 Å². The SMILES string of the molecule is CCC1CCC(C)N1c1cnc(CCl)cn1. The van der Waals surface area contributed by atoms with E-state index in [-0.39, 0.29) is 0 Å². The van der Waals surface area contributed by atoms with E-state index in [0.29, 0.717) is 18.0 Å². The van der Waals surface area contributed by atoms with Crippen LogP contribution in [-0.4, -0.2) is 22.1 Å². The van der Waals surface area contributed by atoms with Crippen molar-refractivity contribution in [3.8, 4) is 0 Å². The van der Waals surface area contributed by atoms with Crippen molar-refractivity contribution < 1.29 is 0 Å². The van der Waals surface area contributed by atoms with Gasteiger partial charge in [0.15, 0.2) is 0 Å². The van der Waals surface area contributed by atoms with Crippen molar-refractivity contribution >= 4 is 17.4 Å². The summed E-state index contributed by atoms with van der Waals surface area (Å²) in [5.74, 6) is 1.42. The predicted octanol–water partition coefficient (Wildman–Crippen LogP) is 2.98. The van der Waals surface area contributed by atoms with Gasteiger partial charge in [0.1, 0.15) is 5.82 Å². The molecule has 0 aromatic carbocycles. The Balaban J connectivity index is 2.21. The monoisotopic (exact) mass is 239 g/mol. The molecule has 0 aliphatic carbocycles. The van der Waals surface area contributed by atoms with Gasteiger partial charge >= 0.3 is 0 Å². The maximum atomic E-state index is 5.71. The normalized spacial score (nSPS) is 25.1. The minimum atomic E-state index is 0.431. The van der Waals surface area contributed by atoms with Crippen molar-refractivity contribution in [2.75, 3.05) is 4.90 Å². The van der Waals surface area contributed by atoms with Gasteiger partial charge in [0.05, 0.1) is 24.0 Å². The average Bonchev–Trinajstić information content (AvgIpc) is 2.70. The number of alkyl halides is 1. The zero-order valence-electron chi connectivity index (χ0n) is 9.86. The number of hydrogen-bond acceptors (Lipinski definition) is 3.